The average molecular weight is 245 g/mol. The summed E-state index contributed by atoms with van der Waals surface area (Å²) in [6.07, 6.45) is 6.58. The van der Waals surface area contributed by atoms with Crippen LogP contribution >= 0.6 is 0 Å². The number of carbonyl (C=O) groups excluding carboxylic acids is 1. The molecule has 0 aromatic carbocycles. The van der Waals surface area contributed by atoms with Crippen molar-refractivity contribution in [3.8, 4) is 0 Å². The van der Waals surface area contributed by atoms with Crippen LogP contribution in [0.3, 0.4) is 0 Å². The summed E-state index contributed by atoms with van der Waals surface area (Å²) in [4.78, 5) is 16.0. The van der Waals surface area contributed by atoms with Crippen molar-refractivity contribution in [2.75, 3.05) is 0 Å². The maximum atomic E-state index is 11.5. The van der Waals surface area contributed by atoms with Gasteiger partial charge in [-0.05, 0) is 25.0 Å². The van der Waals surface area contributed by atoms with Crippen LogP contribution in [0.1, 0.15) is 37.4 Å². The van der Waals surface area contributed by atoms with Crippen LogP contribution in [0.25, 0.3) is 5.65 Å². The van der Waals surface area contributed by atoms with Crippen molar-refractivity contribution in [3.63, 3.8) is 0 Å². The summed E-state index contributed by atoms with van der Waals surface area (Å²) in [7, 11) is 0. The fourth-order valence-electron chi connectivity index (χ4n) is 1.86. The minimum atomic E-state index is 0.102. The highest BCUT2D eigenvalue weighted by atomic mass is 16.1. The highest BCUT2D eigenvalue weighted by Gasteiger charge is 2.04. The molecule has 18 heavy (non-hydrogen) atoms. The first-order valence-electron chi connectivity index (χ1n) is 6.40. The van der Waals surface area contributed by atoms with Crippen LogP contribution in [0.2, 0.25) is 0 Å². The number of rotatable bonds is 5. The Balaban J connectivity index is 1.97. The zero-order valence-electron chi connectivity index (χ0n) is 10.9. The Kier molecular flexibility index (Phi) is 3.97. The normalized spacial score (nSPS) is 10.8. The van der Waals surface area contributed by atoms with Crippen molar-refractivity contribution >= 4 is 11.6 Å². The molecule has 2 heterocycles. The molecule has 2 rings (SSSR count). The van der Waals surface area contributed by atoms with Gasteiger partial charge in [-0.1, -0.05) is 19.4 Å². The number of nitrogens with one attached hydrogen (secondary N) is 1. The summed E-state index contributed by atoms with van der Waals surface area (Å²) in [6, 6.07) is 4.02. The monoisotopic (exact) mass is 245 g/mol. The van der Waals surface area contributed by atoms with Crippen molar-refractivity contribution in [1.82, 2.24) is 14.7 Å². The largest absolute Gasteiger partial charge is 0.350 e. The smallest absolute Gasteiger partial charge is 0.220 e. The second kappa shape index (κ2) is 5.67. The number of fused-ring (bicyclic) bond motifs is 1. The van der Waals surface area contributed by atoms with E-state index in [2.05, 4.69) is 17.2 Å². The first-order chi connectivity index (χ1) is 8.69. The fourth-order valence-corrected chi connectivity index (χ4v) is 1.86. The number of imidazole rings is 1. The highest BCUT2D eigenvalue weighted by Crippen LogP contribution is 2.07. The van der Waals surface area contributed by atoms with E-state index in [9.17, 15) is 4.79 Å². The Bertz CT molecular complexity index is 545. The van der Waals surface area contributed by atoms with Crippen molar-refractivity contribution in [2.45, 2.75) is 39.7 Å². The van der Waals surface area contributed by atoms with E-state index in [0.29, 0.717) is 13.0 Å². The van der Waals surface area contributed by atoms with E-state index in [1.165, 1.54) is 5.56 Å². The number of carbonyl (C=O) groups is 1. The number of nitrogens with zero attached hydrogens (tertiary/aromatic N) is 2. The maximum absolute atomic E-state index is 11.5. The Morgan fingerprint density at radius 2 is 2.22 bits per heavy atom. The van der Waals surface area contributed by atoms with Gasteiger partial charge in [0.25, 0.3) is 0 Å². The van der Waals surface area contributed by atoms with E-state index in [4.69, 9.17) is 0 Å². The third-order valence-corrected chi connectivity index (χ3v) is 2.87. The van der Waals surface area contributed by atoms with Crippen molar-refractivity contribution in [2.24, 2.45) is 0 Å². The summed E-state index contributed by atoms with van der Waals surface area (Å²) >= 11 is 0. The molecule has 4 nitrogen and oxygen atoms in total. The van der Waals surface area contributed by atoms with E-state index in [-0.39, 0.29) is 5.91 Å². The standard InChI is InChI=1S/C14H19N3O/c1-3-4-5-14(18)15-8-12-10-17-9-11(2)6-7-13(17)16-12/h6-7,9-10H,3-5,8H2,1-2H3,(H,15,18). The third-order valence-electron chi connectivity index (χ3n) is 2.87. The van der Waals surface area contributed by atoms with Crippen molar-refractivity contribution in [3.05, 3.63) is 35.8 Å². The van der Waals surface area contributed by atoms with E-state index in [1.807, 2.05) is 35.9 Å². The minimum Gasteiger partial charge on any atom is -0.350 e. The first-order valence-corrected chi connectivity index (χ1v) is 6.40. The van der Waals surface area contributed by atoms with E-state index < -0.39 is 0 Å². The fraction of sp³-hybridized carbons (Fsp3) is 0.429. The van der Waals surface area contributed by atoms with Crippen LogP contribution in [-0.2, 0) is 11.3 Å². The van der Waals surface area contributed by atoms with Crippen LogP contribution in [0.4, 0.5) is 0 Å². The molecule has 0 unspecified atom stereocenters. The molecule has 0 spiro atoms. The predicted molar refractivity (Wildman–Crippen MR) is 71.3 cm³/mol. The SMILES string of the molecule is CCCCC(=O)NCc1cn2cc(C)ccc2n1. The Morgan fingerprint density at radius 3 is 3.00 bits per heavy atom. The maximum Gasteiger partial charge on any atom is 0.220 e. The molecule has 0 fully saturated rings. The number of hydrogen-bond donors (Lipinski definition) is 1. The lowest BCUT2D eigenvalue weighted by atomic mass is 10.2. The second-order valence-corrected chi connectivity index (χ2v) is 4.58. The van der Waals surface area contributed by atoms with Gasteiger partial charge in [-0.15, -0.1) is 0 Å². The van der Waals surface area contributed by atoms with Gasteiger partial charge in [0.05, 0.1) is 12.2 Å². The minimum absolute atomic E-state index is 0.102. The lowest BCUT2D eigenvalue weighted by Gasteiger charge is -2.01. The van der Waals surface area contributed by atoms with Gasteiger partial charge in [-0.25, -0.2) is 4.98 Å². The molecule has 0 aliphatic heterocycles. The van der Waals surface area contributed by atoms with Gasteiger partial charge in [0, 0.05) is 18.8 Å². The molecule has 1 amide bonds. The summed E-state index contributed by atoms with van der Waals surface area (Å²) < 4.78 is 1.99. The average Bonchev–Trinajstić information content (AvgIpc) is 2.75. The summed E-state index contributed by atoms with van der Waals surface area (Å²) in [5, 5.41) is 2.89. The lowest BCUT2D eigenvalue weighted by Crippen LogP contribution is -2.22. The molecule has 1 N–H and O–H groups in total. The van der Waals surface area contributed by atoms with E-state index >= 15 is 0 Å². The number of hydrogen-bond acceptors (Lipinski definition) is 2. The quantitative estimate of drug-likeness (QED) is 0.879. The van der Waals surface area contributed by atoms with Crippen LogP contribution in [0, 0.1) is 6.92 Å². The number of unbranched alkanes of at least 4 members (excludes halogenated alkanes) is 1. The molecular formula is C14H19N3O. The summed E-state index contributed by atoms with van der Waals surface area (Å²) in [5.74, 6) is 0.102. The van der Waals surface area contributed by atoms with Crippen LogP contribution < -0.4 is 5.32 Å². The van der Waals surface area contributed by atoms with Gasteiger partial charge in [0.1, 0.15) is 5.65 Å². The Hall–Kier alpha value is -1.84. The van der Waals surface area contributed by atoms with Crippen LogP contribution in [-0.4, -0.2) is 15.3 Å². The topological polar surface area (TPSA) is 46.4 Å². The summed E-state index contributed by atoms with van der Waals surface area (Å²) in [6.45, 7) is 4.63. The molecular weight excluding hydrogens is 226 g/mol. The molecule has 0 saturated heterocycles. The molecule has 4 heteroatoms. The van der Waals surface area contributed by atoms with Crippen LogP contribution in [0.15, 0.2) is 24.5 Å². The highest BCUT2D eigenvalue weighted by molar-refractivity contribution is 5.75. The van der Waals surface area contributed by atoms with Crippen LogP contribution in [0.5, 0.6) is 0 Å². The molecule has 96 valence electrons. The van der Waals surface area contributed by atoms with E-state index in [1.54, 1.807) is 0 Å². The molecule has 0 aliphatic carbocycles. The first kappa shape index (κ1) is 12.6. The molecule has 0 bridgehead atoms. The molecule has 2 aromatic rings. The molecule has 0 atom stereocenters. The number of pyridine rings is 1. The lowest BCUT2D eigenvalue weighted by molar-refractivity contribution is -0.121. The zero-order valence-corrected chi connectivity index (χ0v) is 10.9. The van der Waals surface area contributed by atoms with Gasteiger partial charge in [-0.2, -0.15) is 0 Å². The van der Waals surface area contributed by atoms with Gasteiger partial charge >= 0.3 is 0 Å². The molecule has 2 aromatic heterocycles. The third kappa shape index (κ3) is 3.09. The molecule has 0 aliphatic rings. The Labute approximate surface area is 107 Å². The van der Waals surface area contributed by atoms with Crippen molar-refractivity contribution in [1.29, 1.82) is 0 Å². The van der Waals surface area contributed by atoms with Gasteiger partial charge in [-0.3, -0.25) is 4.79 Å². The van der Waals surface area contributed by atoms with E-state index in [0.717, 1.165) is 24.2 Å². The van der Waals surface area contributed by atoms with Crippen molar-refractivity contribution < 1.29 is 4.79 Å². The van der Waals surface area contributed by atoms with Gasteiger partial charge in [0.2, 0.25) is 5.91 Å². The van der Waals surface area contributed by atoms with Gasteiger partial charge in [0.15, 0.2) is 0 Å². The number of amides is 1. The molecule has 0 radical (unpaired) electrons. The van der Waals surface area contributed by atoms with Gasteiger partial charge < -0.3 is 9.72 Å². The molecule has 0 saturated carbocycles. The zero-order chi connectivity index (χ0) is 13.0. The predicted octanol–water partition coefficient (Wildman–Crippen LogP) is 2.45. The summed E-state index contributed by atoms with van der Waals surface area (Å²) in [5.41, 5.74) is 3.00. The number of aromatic nitrogens is 2. The Morgan fingerprint density at radius 1 is 1.39 bits per heavy atom. The second-order valence-electron chi connectivity index (χ2n) is 4.58. The number of aryl methyl sites for hydroxylation is 1.